The summed E-state index contributed by atoms with van der Waals surface area (Å²) < 4.78 is 0. The number of carboxylic acids is 1. The summed E-state index contributed by atoms with van der Waals surface area (Å²) in [7, 11) is 1.53. The smallest absolute Gasteiger partial charge is 0.308 e. The van der Waals surface area contributed by atoms with Gasteiger partial charge in [0, 0.05) is 30.9 Å². The van der Waals surface area contributed by atoms with Gasteiger partial charge in [0.1, 0.15) is 0 Å². The van der Waals surface area contributed by atoms with E-state index in [-0.39, 0.29) is 23.6 Å². The largest absolute Gasteiger partial charge is 0.481 e. The van der Waals surface area contributed by atoms with Gasteiger partial charge >= 0.3 is 5.97 Å². The summed E-state index contributed by atoms with van der Waals surface area (Å²) in [5.41, 5.74) is 0.672. The topological polar surface area (TPSA) is 90.5 Å². The molecule has 0 fully saturated rings. The molecule has 1 unspecified atom stereocenters. The highest BCUT2D eigenvalue weighted by molar-refractivity contribution is 5.94. The van der Waals surface area contributed by atoms with Crippen molar-refractivity contribution in [2.45, 2.75) is 27.2 Å². The first-order chi connectivity index (χ1) is 9.70. The van der Waals surface area contributed by atoms with Crippen molar-refractivity contribution < 1.29 is 14.7 Å². The molecule has 116 valence electrons. The second-order valence-corrected chi connectivity index (χ2v) is 5.78. The van der Waals surface area contributed by atoms with Crippen molar-refractivity contribution in [3.63, 3.8) is 0 Å². The van der Waals surface area contributed by atoms with E-state index in [9.17, 15) is 14.4 Å². The minimum atomic E-state index is -0.957. The van der Waals surface area contributed by atoms with Crippen molar-refractivity contribution in [2.24, 2.45) is 11.8 Å². The Balaban J connectivity index is 2.93. The fourth-order valence-electron chi connectivity index (χ4n) is 2.07. The van der Waals surface area contributed by atoms with E-state index in [1.807, 2.05) is 13.8 Å². The molecule has 1 aromatic heterocycles. The van der Waals surface area contributed by atoms with Crippen LogP contribution in [0.4, 0.5) is 0 Å². The fraction of sp³-hybridized carbons (Fsp3) is 0.533. The SMILES string of the molecule is CC(C)Cc1cc(C(=O)N(C)CC(C)C(=O)O)cc(=O)[nH]1. The van der Waals surface area contributed by atoms with Crippen LogP contribution in [-0.4, -0.2) is 40.5 Å². The van der Waals surface area contributed by atoms with E-state index in [1.165, 1.54) is 24.9 Å². The fourth-order valence-corrected chi connectivity index (χ4v) is 2.07. The zero-order valence-corrected chi connectivity index (χ0v) is 12.8. The van der Waals surface area contributed by atoms with Crippen molar-refractivity contribution in [3.05, 3.63) is 33.7 Å². The lowest BCUT2D eigenvalue weighted by Gasteiger charge is -2.19. The number of amides is 1. The molecule has 1 atom stereocenters. The van der Waals surface area contributed by atoms with E-state index in [0.29, 0.717) is 18.0 Å². The number of H-pyrrole nitrogens is 1. The van der Waals surface area contributed by atoms with Crippen molar-refractivity contribution in [3.8, 4) is 0 Å². The first-order valence-electron chi connectivity index (χ1n) is 6.92. The van der Waals surface area contributed by atoms with Gasteiger partial charge in [0.2, 0.25) is 5.56 Å². The summed E-state index contributed by atoms with van der Waals surface area (Å²) >= 11 is 0. The van der Waals surface area contributed by atoms with Crippen LogP contribution in [0.3, 0.4) is 0 Å². The molecule has 0 aromatic carbocycles. The highest BCUT2D eigenvalue weighted by Crippen LogP contribution is 2.09. The maximum absolute atomic E-state index is 12.3. The predicted molar refractivity (Wildman–Crippen MR) is 79.4 cm³/mol. The first-order valence-corrected chi connectivity index (χ1v) is 6.92. The van der Waals surface area contributed by atoms with Crippen LogP contribution in [0.25, 0.3) is 0 Å². The molecular formula is C15H22N2O4. The van der Waals surface area contributed by atoms with E-state index in [4.69, 9.17) is 5.11 Å². The summed E-state index contributed by atoms with van der Waals surface area (Å²) in [6.07, 6.45) is 0.672. The lowest BCUT2D eigenvalue weighted by Crippen LogP contribution is -2.34. The van der Waals surface area contributed by atoms with Crippen LogP contribution in [0.5, 0.6) is 0 Å². The van der Waals surface area contributed by atoms with Crippen LogP contribution < -0.4 is 5.56 Å². The summed E-state index contributed by atoms with van der Waals surface area (Å²) in [5, 5.41) is 8.88. The molecule has 6 nitrogen and oxygen atoms in total. The van der Waals surface area contributed by atoms with Crippen LogP contribution in [0.2, 0.25) is 0 Å². The molecule has 0 saturated heterocycles. The first kappa shape index (κ1) is 16.9. The molecule has 0 aliphatic rings. The van der Waals surface area contributed by atoms with Crippen molar-refractivity contribution in [2.75, 3.05) is 13.6 Å². The highest BCUT2D eigenvalue weighted by Gasteiger charge is 2.19. The van der Waals surface area contributed by atoms with Crippen molar-refractivity contribution in [1.82, 2.24) is 9.88 Å². The lowest BCUT2D eigenvalue weighted by molar-refractivity contribution is -0.141. The molecule has 1 aromatic rings. The molecule has 0 aliphatic carbocycles. The Morgan fingerprint density at radius 1 is 1.29 bits per heavy atom. The van der Waals surface area contributed by atoms with Gasteiger partial charge in [-0.2, -0.15) is 0 Å². The predicted octanol–water partition coefficient (Wildman–Crippen LogP) is 1.37. The summed E-state index contributed by atoms with van der Waals surface area (Å²) in [6.45, 7) is 5.68. The number of hydrogen-bond acceptors (Lipinski definition) is 3. The van der Waals surface area contributed by atoms with Gasteiger partial charge in [0.05, 0.1) is 5.92 Å². The third-order valence-corrected chi connectivity index (χ3v) is 3.09. The Hall–Kier alpha value is -2.11. The maximum Gasteiger partial charge on any atom is 0.308 e. The van der Waals surface area contributed by atoms with Crippen LogP contribution in [0, 0.1) is 11.8 Å². The second-order valence-electron chi connectivity index (χ2n) is 5.78. The van der Waals surface area contributed by atoms with E-state index < -0.39 is 11.9 Å². The Bertz CT molecular complexity index is 577. The molecule has 0 aliphatic heterocycles. The minimum absolute atomic E-state index is 0.0977. The highest BCUT2D eigenvalue weighted by atomic mass is 16.4. The van der Waals surface area contributed by atoms with Gasteiger partial charge in [-0.1, -0.05) is 20.8 Å². The van der Waals surface area contributed by atoms with Crippen LogP contribution in [-0.2, 0) is 11.2 Å². The molecular weight excluding hydrogens is 272 g/mol. The summed E-state index contributed by atoms with van der Waals surface area (Å²) in [5.74, 6) is -1.60. The number of carboxylic acid groups (broad SMARTS) is 1. The van der Waals surface area contributed by atoms with Gasteiger partial charge in [-0.05, 0) is 18.4 Å². The molecule has 1 heterocycles. The number of pyridine rings is 1. The van der Waals surface area contributed by atoms with Gasteiger partial charge in [-0.3, -0.25) is 14.4 Å². The molecule has 0 spiro atoms. The van der Waals surface area contributed by atoms with Crippen molar-refractivity contribution in [1.29, 1.82) is 0 Å². The number of aromatic nitrogens is 1. The number of carbonyl (C=O) groups excluding carboxylic acids is 1. The zero-order valence-electron chi connectivity index (χ0n) is 12.8. The number of rotatable bonds is 6. The number of nitrogens with one attached hydrogen (secondary N) is 1. The second kappa shape index (κ2) is 7.06. The molecule has 0 bridgehead atoms. The van der Waals surface area contributed by atoms with Crippen LogP contribution in [0.1, 0.15) is 36.8 Å². The lowest BCUT2D eigenvalue weighted by atomic mass is 10.1. The summed E-state index contributed by atoms with van der Waals surface area (Å²) in [4.78, 5) is 38.8. The molecule has 2 N–H and O–H groups in total. The normalized spacial score (nSPS) is 12.2. The number of nitrogens with zero attached hydrogens (tertiary/aromatic N) is 1. The molecule has 1 amide bonds. The Kier molecular flexibility index (Phi) is 5.69. The number of carbonyl (C=O) groups is 2. The third kappa shape index (κ3) is 5.06. The molecule has 6 heteroatoms. The van der Waals surface area contributed by atoms with E-state index in [1.54, 1.807) is 6.07 Å². The maximum atomic E-state index is 12.3. The number of hydrogen-bond donors (Lipinski definition) is 2. The standard InChI is InChI=1S/C15H22N2O4/c1-9(2)5-12-6-11(7-13(18)16-12)14(19)17(4)8-10(3)15(20)21/h6-7,9-10H,5,8H2,1-4H3,(H,16,18)(H,20,21). The summed E-state index contributed by atoms with van der Waals surface area (Å²) in [6, 6.07) is 2.90. The van der Waals surface area contributed by atoms with Gasteiger partial charge in [0.25, 0.3) is 5.91 Å². The van der Waals surface area contributed by atoms with Gasteiger partial charge in [-0.15, -0.1) is 0 Å². The van der Waals surface area contributed by atoms with Crippen LogP contribution in [0.15, 0.2) is 16.9 Å². The van der Waals surface area contributed by atoms with Gasteiger partial charge in [-0.25, -0.2) is 0 Å². The van der Waals surface area contributed by atoms with Crippen LogP contribution >= 0.6 is 0 Å². The Labute approximate surface area is 123 Å². The number of aliphatic carboxylic acids is 1. The monoisotopic (exact) mass is 294 g/mol. The van der Waals surface area contributed by atoms with Crippen molar-refractivity contribution >= 4 is 11.9 Å². The Morgan fingerprint density at radius 2 is 1.90 bits per heavy atom. The van der Waals surface area contributed by atoms with E-state index >= 15 is 0 Å². The van der Waals surface area contributed by atoms with Gasteiger partial charge < -0.3 is 15.0 Å². The third-order valence-electron chi connectivity index (χ3n) is 3.09. The molecule has 21 heavy (non-hydrogen) atoms. The zero-order chi connectivity index (χ0) is 16.2. The minimum Gasteiger partial charge on any atom is -0.481 e. The van der Waals surface area contributed by atoms with Gasteiger partial charge in [0.15, 0.2) is 0 Å². The number of aromatic amines is 1. The average Bonchev–Trinajstić information content (AvgIpc) is 2.35. The molecule has 0 saturated carbocycles. The van der Waals surface area contributed by atoms with E-state index in [2.05, 4.69) is 4.98 Å². The average molecular weight is 294 g/mol. The molecule has 1 rings (SSSR count). The Morgan fingerprint density at radius 3 is 2.43 bits per heavy atom. The molecule has 0 radical (unpaired) electrons. The van der Waals surface area contributed by atoms with E-state index in [0.717, 1.165) is 0 Å². The quantitative estimate of drug-likeness (QED) is 0.829.